The fourth-order valence-electron chi connectivity index (χ4n) is 2.72. The van der Waals surface area contributed by atoms with Gasteiger partial charge in [0.25, 0.3) is 0 Å². The van der Waals surface area contributed by atoms with Gasteiger partial charge in [-0.25, -0.2) is 18.7 Å². The Bertz CT molecular complexity index is 405. The lowest BCUT2D eigenvalue weighted by atomic mass is 9.65. The lowest BCUT2D eigenvalue weighted by Gasteiger charge is -2.43. The number of alkyl halides is 2. The van der Waals surface area contributed by atoms with Crippen molar-refractivity contribution in [2.24, 2.45) is 5.73 Å². The van der Waals surface area contributed by atoms with E-state index in [1.807, 2.05) is 6.92 Å². The average Bonchev–Trinajstić information content (AvgIpc) is 2.30. The standard InChI is InChI=1S/C13H19F2N3/c1-9(16)12(3-5-13(14,15)6-4-12)11-7-17-10(2)18-8-11/h7-9H,3-6,16H2,1-2H3/t9-/m0/s1. The molecule has 0 bridgehead atoms. The molecule has 100 valence electrons. The maximum atomic E-state index is 13.3. The van der Waals surface area contributed by atoms with Crippen molar-refractivity contribution >= 4 is 0 Å². The van der Waals surface area contributed by atoms with E-state index >= 15 is 0 Å². The summed E-state index contributed by atoms with van der Waals surface area (Å²) >= 11 is 0. The van der Waals surface area contributed by atoms with Gasteiger partial charge < -0.3 is 5.73 Å². The summed E-state index contributed by atoms with van der Waals surface area (Å²) in [5.74, 6) is -1.87. The van der Waals surface area contributed by atoms with Gasteiger partial charge >= 0.3 is 0 Å². The zero-order valence-corrected chi connectivity index (χ0v) is 10.8. The van der Waals surface area contributed by atoms with Crippen molar-refractivity contribution < 1.29 is 8.78 Å². The van der Waals surface area contributed by atoms with E-state index in [2.05, 4.69) is 9.97 Å². The molecular weight excluding hydrogens is 236 g/mol. The van der Waals surface area contributed by atoms with E-state index < -0.39 is 11.3 Å². The summed E-state index contributed by atoms with van der Waals surface area (Å²) in [5.41, 5.74) is 6.54. The topological polar surface area (TPSA) is 51.8 Å². The van der Waals surface area contributed by atoms with Crippen LogP contribution in [0.4, 0.5) is 8.78 Å². The summed E-state index contributed by atoms with van der Waals surface area (Å²) in [6, 6.07) is -0.181. The van der Waals surface area contributed by atoms with E-state index in [0.717, 1.165) is 5.56 Å². The number of rotatable bonds is 2. The fourth-order valence-corrected chi connectivity index (χ4v) is 2.72. The van der Waals surface area contributed by atoms with E-state index in [4.69, 9.17) is 5.73 Å². The van der Waals surface area contributed by atoms with Gasteiger partial charge in [0.1, 0.15) is 5.82 Å². The highest BCUT2D eigenvalue weighted by molar-refractivity contribution is 5.24. The van der Waals surface area contributed by atoms with Crippen LogP contribution in [0.15, 0.2) is 12.4 Å². The Hall–Kier alpha value is -1.10. The summed E-state index contributed by atoms with van der Waals surface area (Å²) in [5, 5.41) is 0. The Labute approximate surface area is 106 Å². The third-order valence-electron chi connectivity index (χ3n) is 4.10. The second kappa shape index (κ2) is 4.53. The Morgan fingerprint density at radius 2 is 1.67 bits per heavy atom. The van der Waals surface area contributed by atoms with Crippen molar-refractivity contribution in [3.8, 4) is 0 Å². The summed E-state index contributed by atoms with van der Waals surface area (Å²) in [7, 11) is 0. The van der Waals surface area contributed by atoms with Crippen LogP contribution >= 0.6 is 0 Å². The van der Waals surface area contributed by atoms with Crippen LogP contribution in [0.5, 0.6) is 0 Å². The first kappa shape index (κ1) is 13.3. The molecule has 0 radical (unpaired) electrons. The van der Waals surface area contributed by atoms with E-state index in [9.17, 15) is 8.78 Å². The molecule has 0 amide bonds. The molecule has 1 aliphatic rings. The Morgan fingerprint density at radius 1 is 1.17 bits per heavy atom. The third-order valence-corrected chi connectivity index (χ3v) is 4.10. The van der Waals surface area contributed by atoms with Gasteiger partial charge in [0.05, 0.1) is 0 Å². The minimum absolute atomic E-state index is 0.109. The number of nitrogens with zero attached hydrogens (tertiary/aromatic N) is 2. The van der Waals surface area contributed by atoms with Gasteiger partial charge in [0.2, 0.25) is 5.92 Å². The first-order valence-corrected chi connectivity index (χ1v) is 6.28. The maximum Gasteiger partial charge on any atom is 0.248 e. The highest BCUT2D eigenvalue weighted by Gasteiger charge is 2.46. The predicted molar refractivity (Wildman–Crippen MR) is 65.5 cm³/mol. The summed E-state index contributed by atoms with van der Waals surface area (Å²) in [4.78, 5) is 8.33. The van der Waals surface area contributed by atoms with Crippen molar-refractivity contribution in [1.29, 1.82) is 0 Å². The largest absolute Gasteiger partial charge is 0.327 e. The predicted octanol–water partition coefficient (Wildman–Crippen LogP) is 2.58. The van der Waals surface area contributed by atoms with Gasteiger partial charge in [-0.3, -0.25) is 0 Å². The molecular formula is C13H19F2N3. The second-order valence-corrected chi connectivity index (χ2v) is 5.32. The van der Waals surface area contributed by atoms with Gasteiger partial charge in [-0.05, 0) is 32.3 Å². The molecule has 0 spiro atoms. The van der Waals surface area contributed by atoms with E-state index in [1.165, 1.54) is 0 Å². The first-order chi connectivity index (χ1) is 8.36. The molecule has 1 heterocycles. The molecule has 1 fully saturated rings. The van der Waals surface area contributed by atoms with E-state index in [-0.39, 0.29) is 18.9 Å². The van der Waals surface area contributed by atoms with Crippen LogP contribution in [0.3, 0.4) is 0 Å². The smallest absolute Gasteiger partial charge is 0.248 e. The zero-order valence-electron chi connectivity index (χ0n) is 10.8. The molecule has 0 saturated heterocycles. The third kappa shape index (κ3) is 2.36. The fraction of sp³-hybridized carbons (Fsp3) is 0.692. The Balaban J connectivity index is 2.31. The van der Waals surface area contributed by atoms with E-state index in [0.29, 0.717) is 18.7 Å². The summed E-state index contributed by atoms with van der Waals surface area (Å²) in [6.07, 6.45) is 4.03. The van der Waals surface area contributed by atoms with Crippen LogP contribution in [-0.4, -0.2) is 21.9 Å². The molecule has 3 nitrogen and oxygen atoms in total. The van der Waals surface area contributed by atoms with Gasteiger partial charge in [0.15, 0.2) is 0 Å². The van der Waals surface area contributed by atoms with Crippen LogP contribution in [-0.2, 0) is 5.41 Å². The van der Waals surface area contributed by atoms with Crippen molar-refractivity contribution in [2.45, 2.75) is 56.9 Å². The number of aromatic nitrogens is 2. The molecule has 1 aromatic heterocycles. The molecule has 0 aromatic carbocycles. The van der Waals surface area contributed by atoms with Crippen LogP contribution in [0.25, 0.3) is 0 Å². The van der Waals surface area contributed by atoms with Gasteiger partial charge in [0, 0.05) is 36.7 Å². The molecule has 2 N–H and O–H groups in total. The zero-order chi connectivity index (χ0) is 13.4. The highest BCUT2D eigenvalue weighted by atomic mass is 19.3. The second-order valence-electron chi connectivity index (χ2n) is 5.32. The van der Waals surface area contributed by atoms with Gasteiger partial charge in [-0.15, -0.1) is 0 Å². The molecule has 2 rings (SSSR count). The quantitative estimate of drug-likeness (QED) is 0.883. The molecule has 1 aliphatic carbocycles. The van der Waals surface area contributed by atoms with Gasteiger partial charge in [-0.1, -0.05) is 0 Å². The van der Waals surface area contributed by atoms with Crippen molar-refractivity contribution in [2.75, 3.05) is 0 Å². The van der Waals surface area contributed by atoms with Crippen molar-refractivity contribution in [1.82, 2.24) is 9.97 Å². The molecule has 0 aliphatic heterocycles. The Kier molecular flexibility index (Phi) is 3.36. The highest BCUT2D eigenvalue weighted by Crippen LogP contribution is 2.46. The van der Waals surface area contributed by atoms with Crippen LogP contribution in [0, 0.1) is 6.92 Å². The van der Waals surface area contributed by atoms with Gasteiger partial charge in [-0.2, -0.15) is 0 Å². The van der Waals surface area contributed by atoms with Crippen LogP contribution in [0.1, 0.15) is 44.0 Å². The lowest BCUT2D eigenvalue weighted by molar-refractivity contribution is -0.0548. The average molecular weight is 255 g/mol. The monoisotopic (exact) mass is 255 g/mol. The number of halogens is 2. The SMILES string of the molecule is Cc1ncc(C2([C@H](C)N)CCC(F)(F)CC2)cn1. The summed E-state index contributed by atoms with van der Waals surface area (Å²) < 4.78 is 26.6. The molecule has 0 unspecified atom stereocenters. The number of aryl methyl sites for hydroxylation is 1. The lowest BCUT2D eigenvalue weighted by Crippen LogP contribution is -2.48. The molecule has 1 aromatic rings. The van der Waals surface area contributed by atoms with Crippen LogP contribution < -0.4 is 5.73 Å². The number of hydrogen-bond donors (Lipinski definition) is 1. The number of nitrogens with two attached hydrogens (primary N) is 1. The molecule has 5 heteroatoms. The first-order valence-electron chi connectivity index (χ1n) is 6.28. The molecule has 1 atom stereocenters. The van der Waals surface area contributed by atoms with Crippen molar-refractivity contribution in [3.05, 3.63) is 23.8 Å². The minimum Gasteiger partial charge on any atom is -0.327 e. The summed E-state index contributed by atoms with van der Waals surface area (Å²) in [6.45, 7) is 3.68. The van der Waals surface area contributed by atoms with Crippen molar-refractivity contribution in [3.63, 3.8) is 0 Å². The van der Waals surface area contributed by atoms with Crippen LogP contribution in [0.2, 0.25) is 0 Å². The van der Waals surface area contributed by atoms with E-state index in [1.54, 1.807) is 19.3 Å². The maximum absolute atomic E-state index is 13.3. The molecule has 1 saturated carbocycles. The minimum atomic E-state index is -2.55. The normalized spacial score (nSPS) is 23.6. The molecule has 18 heavy (non-hydrogen) atoms. The Morgan fingerprint density at radius 3 is 2.11 bits per heavy atom. The number of hydrogen-bond acceptors (Lipinski definition) is 3.